The maximum atomic E-state index is 12.5. The number of hydrogen-bond acceptors (Lipinski definition) is 3. The normalized spacial score (nSPS) is 21.5. The molecule has 1 aliphatic rings. The summed E-state index contributed by atoms with van der Waals surface area (Å²) in [6.07, 6.45) is 5.89. The largest absolute Gasteiger partial charge is 0.512 e. The molecule has 24 heavy (non-hydrogen) atoms. The summed E-state index contributed by atoms with van der Waals surface area (Å²) in [4.78, 5) is 26.7. The zero-order valence-corrected chi connectivity index (χ0v) is 16.1. The summed E-state index contributed by atoms with van der Waals surface area (Å²) in [6.45, 7) is 12.5. The second kappa shape index (κ2) is 9.05. The molecule has 0 aromatic rings. The Morgan fingerprint density at radius 2 is 1.79 bits per heavy atom. The number of aliphatic hydroxyl groups excluding tert-OH is 1. The van der Waals surface area contributed by atoms with Gasteiger partial charge in [0, 0.05) is 6.54 Å². The van der Waals surface area contributed by atoms with Crippen molar-refractivity contribution in [1.29, 1.82) is 0 Å². The number of carbonyl (C=O) groups excluding carboxylic acids is 2. The van der Waals surface area contributed by atoms with Crippen LogP contribution in [0.25, 0.3) is 0 Å². The molecule has 1 aliphatic heterocycles. The molecule has 0 radical (unpaired) electrons. The van der Waals surface area contributed by atoms with Gasteiger partial charge in [-0.2, -0.15) is 0 Å². The average Bonchev–Trinajstić information content (AvgIpc) is 2.67. The van der Waals surface area contributed by atoms with E-state index < -0.39 is 6.04 Å². The number of rotatable bonds is 8. The van der Waals surface area contributed by atoms with Gasteiger partial charge in [0.25, 0.3) is 5.91 Å². The number of nitrogens with zero attached hydrogens (tertiary/aromatic N) is 1. The molecule has 2 unspecified atom stereocenters. The van der Waals surface area contributed by atoms with Crippen LogP contribution in [-0.2, 0) is 9.59 Å². The third-order valence-corrected chi connectivity index (χ3v) is 4.53. The van der Waals surface area contributed by atoms with Gasteiger partial charge in [-0.05, 0) is 58.3 Å². The molecule has 4 nitrogen and oxygen atoms in total. The van der Waals surface area contributed by atoms with E-state index in [1.807, 2.05) is 13.8 Å². The molecule has 0 saturated carbocycles. The van der Waals surface area contributed by atoms with Crippen molar-refractivity contribution in [2.75, 3.05) is 6.54 Å². The first-order chi connectivity index (χ1) is 11.1. The lowest BCUT2D eigenvalue weighted by atomic mass is 9.98. The van der Waals surface area contributed by atoms with Crippen molar-refractivity contribution in [3.05, 3.63) is 23.0 Å². The van der Waals surface area contributed by atoms with Crippen molar-refractivity contribution >= 4 is 11.7 Å². The quantitative estimate of drug-likeness (QED) is 0.309. The van der Waals surface area contributed by atoms with E-state index in [2.05, 4.69) is 26.8 Å². The van der Waals surface area contributed by atoms with Gasteiger partial charge in [0.2, 0.25) is 0 Å². The Morgan fingerprint density at radius 1 is 1.17 bits per heavy atom. The molecule has 0 aliphatic carbocycles. The molecule has 1 amide bonds. The first-order valence-corrected chi connectivity index (χ1v) is 9.03. The molecule has 1 rings (SSSR count). The molecule has 0 spiro atoms. The number of ketones is 1. The number of Topliss-reactive ketones (excluding diaryl/α,β-unsaturated/α-hetero) is 1. The van der Waals surface area contributed by atoms with E-state index in [0.29, 0.717) is 24.8 Å². The van der Waals surface area contributed by atoms with Crippen molar-refractivity contribution in [3.8, 4) is 0 Å². The maximum Gasteiger partial charge on any atom is 0.261 e. The zero-order valence-electron chi connectivity index (χ0n) is 16.1. The predicted molar refractivity (Wildman–Crippen MR) is 97.7 cm³/mol. The molecular weight excluding hydrogens is 302 g/mol. The van der Waals surface area contributed by atoms with Crippen LogP contribution in [0.2, 0.25) is 0 Å². The van der Waals surface area contributed by atoms with Gasteiger partial charge < -0.3 is 10.0 Å². The Morgan fingerprint density at radius 3 is 2.29 bits per heavy atom. The maximum absolute atomic E-state index is 12.5. The molecule has 1 heterocycles. The fraction of sp³-hybridized carbons (Fsp3) is 0.700. The summed E-state index contributed by atoms with van der Waals surface area (Å²) in [7, 11) is 0. The minimum absolute atomic E-state index is 0.0159. The number of carbonyl (C=O) groups is 2. The van der Waals surface area contributed by atoms with E-state index >= 15 is 0 Å². The first kappa shape index (κ1) is 20.5. The Hall–Kier alpha value is -1.58. The third-order valence-electron chi connectivity index (χ3n) is 4.53. The molecule has 1 fully saturated rings. The molecule has 0 bridgehead atoms. The summed E-state index contributed by atoms with van der Waals surface area (Å²) >= 11 is 0. The second-order valence-electron chi connectivity index (χ2n) is 7.72. The van der Waals surface area contributed by atoms with E-state index in [-0.39, 0.29) is 23.0 Å². The van der Waals surface area contributed by atoms with Crippen LogP contribution >= 0.6 is 0 Å². The van der Waals surface area contributed by atoms with Gasteiger partial charge in [-0.15, -0.1) is 0 Å². The molecule has 0 aromatic carbocycles. The fourth-order valence-corrected chi connectivity index (χ4v) is 3.13. The summed E-state index contributed by atoms with van der Waals surface area (Å²) in [5.74, 6) is 0.139. The summed E-state index contributed by atoms with van der Waals surface area (Å²) < 4.78 is 0. The van der Waals surface area contributed by atoms with Crippen LogP contribution in [0.5, 0.6) is 0 Å². The van der Waals surface area contributed by atoms with Gasteiger partial charge in [-0.25, -0.2) is 0 Å². The molecule has 136 valence electrons. The SMILES string of the molecule is CC(C)=CCCC(C)CCN1C(=O)/C(=C(\C)O)C(=O)C1CC(C)C. The summed E-state index contributed by atoms with van der Waals surface area (Å²) in [5.41, 5.74) is 1.31. The van der Waals surface area contributed by atoms with Crippen molar-refractivity contribution in [3.63, 3.8) is 0 Å². The minimum Gasteiger partial charge on any atom is -0.512 e. The van der Waals surface area contributed by atoms with Gasteiger partial charge in [-0.3, -0.25) is 9.59 Å². The van der Waals surface area contributed by atoms with E-state index in [9.17, 15) is 14.7 Å². The van der Waals surface area contributed by atoms with Crippen molar-refractivity contribution in [1.82, 2.24) is 4.90 Å². The van der Waals surface area contributed by atoms with Crippen LogP contribution in [-0.4, -0.2) is 34.3 Å². The van der Waals surface area contributed by atoms with Gasteiger partial charge in [-0.1, -0.05) is 32.4 Å². The number of aliphatic hydroxyl groups is 1. The number of likely N-dealkylation sites (tertiary alicyclic amines) is 1. The van der Waals surface area contributed by atoms with Crippen molar-refractivity contribution in [2.45, 2.75) is 73.3 Å². The minimum atomic E-state index is -0.417. The van der Waals surface area contributed by atoms with E-state index in [0.717, 1.165) is 19.3 Å². The van der Waals surface area contributed by atoms with E-state index in [1.54, 1.807) is 4.90 Å². The third kappa shape index (κ3) is 5.50. The van der Waals surface area contributed by atoms with Crippen molar-refractivity contribution in [2.24, 2.45) is 11.8 Å². The number of amides is 1. The lowest BCUT2D eigenvalue weighted by Gasteiger charge is -2.25. The highest BCUT2D eigenvalue weighted by Gasteiger charge is 2.44. The lowest BCUT2D eigenvalue weighted by Crippen LogP contribution is -2.37. The lowest BCUT2D eigenvalue weighted by molar-refractivity contribution is -0.127. The zero-order chi connectivity index (χ0) is 18.4. The van der Waals surface area contributed by atoms with Gasteiger partial charge in [0.1, 0.15) is 11.3 Å². The Balaban J connectivity index is 2.75. The average molecular weight is 335 g/mol. The van der Waals surface area contributed by atoms with Crippen molar-refractivity contribution < 1.29 is 14.7 Å². The standard InChI is InChI=1S/C20H33NO3/c1-13(2)8-7-9-15(5)10-11-21-17(12-14(3)4)19(23)18(16(6)22)20(21)24/h8,14-15,17,22H,7,9-12H2,1-6H3/b18-16+. The van der Waals surface area contributed by atoms with Gasteiger partial charge in [0.05, 0.1) is 6.04 Å². The molecule has 0 aromatic heterocycles. The van der Waals surface area contributed by atoms with Gasteiger partial charge in [0.15, 0.2) is 5.78 Å². The number of allylic oxidation sites excluding steroid dienone is 3. The van der Waals surface area contributed by atoms with Crippen LogP contribution in [0.4, 0.5) is 0 Å². The number of hydrogen-bond donors (Lipinski definition) is 1. The van der Waals surface area contributed by atoms with Crippen LogP contribution < -0.4 is 0 Å². The van der Waals surface area contributed by atoms with E-state index in [4.69, 9.17) is 0 Å². The Labute approximate surface area is 146 Å². The second-order valence-corrected chi connectivity index (χ2v) is 7.72. The molecular formula is C20H33NO3. The highest BCUT2D eigenvalue weighted by molar-refractivity contribution is 6.26. The van der Waals surface area contributed by atoms with Gasteiger partial charge >= 0.3 is 0 Å². The molecule has 4 heteroatoms. The highest BCUT2D eigenvalue weighted by atomic mass is 16.3. The van der Waals surface area contributed by atoms with E-state index in [1.165, 1.54) is 12.5 Å². The Bertz CT molecular complexity index is 523. The summed E-state index contributed by atoms with van der Waals surface area (Å²) in [6, 6.07) is -0.417. The highest BCUT2D eigenvalue weighted by Crippen LogP contribution is 2.28. The fourth-order valence-electron chi connectivity index (χ4n) is 3.13. The molecule has 1 N–H and O–H groups in total. The van der Waals surface area contributed by atoms with Crippen LogP contribution in [0.15, 0.2) is 23.0 Å². The van der Waals surface area contributed by atoms with Crippen LogP contribution in [0, 0.1) is 11.8 Å². The smallest absolute Gasteiger partial charge is 0.261 e. The summed E-state index contributed by atoms with van der Waals surface area (Å²) in [5, 5.41) is 9.71. The monoisotopic (exact) mass is 335 g/mol. The topological polar surface area (TPSA) is 57.6 Å². The predicted octanol–water partition coefficient (Wildman–Crippen LogP) is 4.42. The first-order valence-electron chi connectivity index (χ1n) is 9.03. The molecule has 2 atom stereocenters. The Kier molecular flexibility index (Phi) is 7.71. The van der Waals surface area contributed by atoms with Crippen LogP contribution in [0.3, 0.4) is 0 Å². The van der Waals surface area contributed by atoms with Crippen LogP contribution in [0.1, 0.15) is 67.2 Å². The molecule has 1 saturated heterocycles.